The van der Waals surface area contributed by atoms with Gasteiger partial charge in [0.15, 0.2) is 0 Å². The van der Waals surface area contributed by atoms with E-state index < -0.39 is 0 Å². The molecular weight excluding hydrogens is 308 g/mol. The van der Waals surface area contributed by atoms with E-state index in [1.807, 2.05) is 19.1 Å². The van der Waals surface area contributed by atoms with E-state index in [2.05, 4.69) is 21.2 Å². The monoisotopic (exact) mass is 322 g/mol. The molecule has 4 nitrogen and oxygen atoms in total. The van der Waals surface area contributed by atoms with E-state index in [9.17, 15) is 9.90 Å². The molecule has 100 valence electrons. The highest BCUT2D eigenvalue weighted by Crippen LogP contribution is 2.27. The Hall–Kier alpha value is -1.75. The van der Waals surface area contributed by atoms with Crippen LogP contribution in [0.3, 0.4) is 0 Å². The number of hydrogen-bond acceptors (Lipinski definition) is 3. The lowest BCUT2D eigenvalue weighted by Crippen LogP contribution is -2.17. The number of aryl methyl sites for hydroxylation is 1. The van der Waals surface area contributed by atoms with Crippen LogP contribution in [0.1, 0.15) is 12.5 Å². The van der Waals surface area contributed by atoms with Crippen molar-refractivity contribution in [1.82, 2.24) is 4.57 Å². The van der Waals surface area contributed by atoms with Crippen molar-refractivity contribution in [3.8, 4) is 5.75 Å². The van der Waals surface area contributed by atoms with E-state index in [-0.39, 0.29) is 11.3 Å². The molecule has 0 atom stereocenters. The minimum Gasteiger partial charge on any atom is -0.506 e. The number of hydrogen-bond donors (Lipinski definition) is 2. The molecule has 0 unspecified atom stereocenters. The minimum atomic E-state index is -0.0154. The van der Waals surface area contributed by atoms with Gasteiger partial charge in [-0.2, -0.15) is 0 Å². The topological polar surface area (TPSA) is 54.3 Å². The molecule has 0 aliphatic heterocycles. The van der Waals surface area contributed by atoms with Crippen LogP contribution in [0, 0.1) is 0 Å². The first-order valence-electron chi connectivity index (χ1n) is 6.02. The summed E-state index contributed by atoms with van der Waals surface area (Å²) in [6, 6.07) is 8.78. The van der Waals surface area contributed by atoms with E-state index in [1.54, 1.807) is 22.9 Å². The number of aromatic nitrogens is 1. The van der Waals surface area contributed by atoms with Gasteiger partial charge in [-0.05, 0) is 35.0 Å². The van der Waals surface area contributed by atoms with Crippen molar-refractivity contribution in [2.24, 2.45) is 0 Å². The number of para-hydroxylation sites is 1. The summed E-state index contributed by atoms with van der Waals surface area (Å²) in [7, 11) is 0. The van der Waals surface area contributed by atoms with Gasteiger partial charge in [-0.25, -0.2) is 0 Å². The zero-order valence-corrected chi connectivity index (χ0v) is 12.1. The van der Waals surface area contributed by atoms with Gasteiger partial charge in [0.1, 0.15) is 5.75 Å². The van der Waals surface area contributed by atoms with Crippen LogP contribution in [0.15, 0.2) is 45.8 Å². The van der Waals surface area contributed by atoms with E-state index >= 15 is 0 Å². The quantitative estimate of drug-likeness (QED) is 0.910. The number of aromatic hydroxyl groups is 1. The molecule has 0 bridgehead atoms. The van der Waals surface area contributed by atoms with Gasteiger partial charge in [0.25, 0.3) is 5.56 Å². The fourth-order valence-electron chi connectivity index (χ4n) is 1.78. The molecule has 0 saturated heterocycles. The Labute approximate surface area is 119 Å². The molecular formula is C14H15BrN2O2. The Bertz CT molecular complexity index is 638. The van der Waals surface area contributed by atoms with E-state index in [1.165, 1.54) is 6.07 Å². The predicted molar refractivity (Wildman–Crippen MR) is 79.5 cm³/mol. The van der Waals surface area contributed by atoms with E-state index in [0.29, 0.717) is 17.6 Å². The zero-order chi connectivity index (χ0) is 13.8. The molecule has 2 rings (SSSR count). The molecule has 0 radical (unpaired) electrons. The second kappa shape index (κ2) is 5.93. The molecule has 2 N–H and O–H groups in total. The van der Waals surface area contributed by atoms with Crippen molar-refractivity contribution in [1.29, 1.82) is 0 Å². The average Bonchev–Trinajstić information content (AvgIpc) is 2.42. The van der Waals surface area contributed by atoms with Crippen LogP contribution in [0.25, 0.3) is 0 Å². The number of rotatable bonds is 4. The third-order valence-corrected chi connectivity index (χ3v) is 3.52. The summed E-state index contributed by atoms with van der Waals surface area (Å²) in [4.78, 5) is 11.5. The number of pyridine rings is 1. The van der Waals surface area contributed by atoms with Gasteiger partial charge in [0.05, 0.1) is 10.2 Å². The molecule has 0 aliphatic rings. The second-order valence-corrected chi connectivity index (χ2v) is 5.00. The van der Waals surface area contributed by atoms with Gasteiger partial charge >= 0.3 is 0 Å². The number of nitrogens with zero attached hydrogens (tertiary/aromatic N) is 1. The first kappa shape index (κ1) is 13.7. The lowest BCUT2D eigenvalue weighted by Gasteiger charge is -2.10. The van der Waals surface area contributed by atoms with Gasteiger partial charge in [0.2, 0.25) is 0 Å². The molecule has 0 fully saturated rings. The van der Waals surface area contributed by atoms with Crippen LogP contribution in [0.5, 0.6) is 5.75 Å². The molecule has 0 saturated carbocycles. The fraction of sp³-hybridized carbons (Fsp3) is 0.214. The van der Waals surface area contributed by atoms with Crippen molar-refractivity contribution in [2.45, 2.75) is 20.0 Å². The highest BCUT2D eigenvalue weighted by molar-refractivity contribution is 9.10. The van der Waals surface area contributed by atoms with Crippen molar-refractivity contribution in [3.63, 3.8) is 0 Å². The van der Waals surface area contributed by atoms with Crippen molar-refractivity contribution in [3.05, 3.63) is 56.9 Å². The molecule has 1 aromatic carbocycles. The number of phenolic OH excluding ortho intramolecular Hbond substituents is 1. The lowest BCUT2D eigenvalue weighted by atomic mass is 10.2. The lowest BCUT2D eigenvalue weighted by molar-refractivity contribution is 0.465. The number of halogens is 1. The summed E-state index contributed by atoms with van der Waals surface area (Å²) in [5, 5.41) is 13.1. The van der Waals surface area contributed by atoms with Crippen LogP contribution >= 0.6 is 15.9 Å². The summed E-state index contributed by atoms with van der Waals surface area (Å²) in [5.74, 6) is 0.235. The highest BCUT2D eigenvalue weighted by Gasteiger charge is 2.04. The van der Waals surface area contributed by atoms with Gasteiger partial charge in [0, 0.05) is 30.9 Å². The molecule has 0 aliphatic carbocycles. The number of nitrogens with one attached hydrogen (secondary N) is 1. The van der Waals surface area contributed by atoms with Crippen LogP contribution < -0.4 is 10.9 Å². The summed E-state index contributed by atoms with van der Waals surface area (Å²) in [5.41, 5.74) is 1.63. The van der Waals surface area contributed by atoms with Gasteiger partial charge in [-0.3, -0.25) is 4.79 Å². The Kier molecular flexibility index (Phi) is 4.27. The average molecular weight is 323 g/mol. The van der Waals surface area contributed by atoms with Crippen molar-refractivity contribution in [2.75, 3.05) is 5.32 Å². The first-order chi connectivity index (χ1) is 9.11. The summed E-state index contributed by atoms with van der Waals surface area (Å²) < 4.78 is 2.30. The predicted octanol–water partition coefficient (Wildman–Crippen LogP) is 2.95. The second-order valence-electron chi connectivity index (χ2n) is 4.14. The van der Waals surface area contributed by atoms with Crippen molar-refractivity contribution < 1.29 is 5.11 Å². The maximum absolute atomic E-state index is 11.5. The van der Waals surface area contributed by atoms with Crippen molar-refractivity contribution >= 4 is 21.6 Å². The summed E-state index contributed by atoms with van der Waals surface area (Å²) in [6.45, 7) is 3.05. The molecule has 19 heavy (non-hydrogen) atoms. The maximum Gasteiger partial charge on any atom is 0.250 e. The molecule has 1 aromatic heterocycles. The Balaban J connectivity index is 2.14. The molecule has 0 amide bonds. The van der Waals surface area contributed by atoms with Gasteiger partial charge in [-0.1, -0.05) is 12.1 Å². The molecule has 0 spiro atoms. The maximum atomic E-state index is 11.5. The Morgan fingerprint density at radius 1 is 1.32 bits per heavy atom. The first-order valence-corrected chi connectivity index (χ1v) is 6.82. The molecule has 1 heterocycles. The third kappa shape index (κ3) is 3.17. The Morgan fingerprint density at radius 3 is 2.84 bits per heavy atom. The summed E-state index contributed by atoms with van der Waals surface area (Å²) in [6.07, 6.45) is 1.78. The fourth-order valence-corrected chi connectivity index (χ4v) is 2.19. The number of anilines is 1. The van der Waals surface area contributed by atoms with Crippen LogP contribution in [-0.2, 0) is 13.1 Å². The number of phenols is 1. The third-order valence-electron chi connectivity index (χ3n) is 2.88. The molecule has 2 aromatic rings. The van der Waals surface area contributed by atoms with E-state index in [4.69, 9.17) is 0 Å². The smallest absolute Gasteiger partial charge is 0.250 e. The van der Waals surface area contributed by atoms with Crippen LogP contribution in [0.4, 0.5) is 5.69 Å². The standard InChI is InChI=1S/C14H15BrN2O2/c1-2-17-9-11(6-7-13(17)18)16-8-10-4-3-5-12(15)14(10)19/h3-7,9,16,19H,2,8H2,1H3. The largest absolute Gasteiger partial charge is 0.506 e. The normalized spacial score (nSPS) is 10.4. The molecule has 5 heteroatoms. The van der Waals surface area contributed by atoms with Gasteiger partial charge in [-0.15, -0.1) is 0 Å². The zero-order valence-electron chi connectivity index (χ0n) is 10.6. The van der Waals surface area contributed by atoms with E-state index in [0.717, 1.165) is 11.3 Å². The number of benzene rings is 1. The Morgan fingerprint density at radius 2 is 2.11 bits per heavy atom. The van der Waals surface area contributed by atoms with Crippen LogP contribution in [0.2, 0.25) is 0 Å². The minimum absolute atomic E-state index is 0.0154. The van der Waals surface area contributed by atoms with Gasteiger partial charge < -0.3 is 15.0 Å². The summed E-state index contributed by atoms with van der Waals surface area (Å²) >= 11 is 3.28. The SMILES string of the molecule is CCn1cc(NCc2cccc(Br)c2O)ccc1=O. The highest BCUT2D eigenvalue weighted by atomic mass is 79.9. The van der Waals surface area contributed by atoms with Crippen LogP contribution in [-0.4, -0.2) is 9.67 Å².